The van der Waals surface area contributed by atoms with Crippen LogP contribution in [0.1, 0.15) is 29.9 Å². The molecule has 1 aromatic rings. The number of carbonyl (C=O) groups excluding carboxylic acids is 1. The zero-order valence-corrected chi connectivity index (χ0v) is 7.34. The van der Waals surface area contributed by atoms with Crippen LogP contribution in [0.3, 0.4) is 0 Å². The van der Waals surface area contributed by atoms with Crippen LogP contribution < -0.4 is 0 Å². The van der Waals surface area contributed by atoms with Crippen molar-refractivity contribution >= 4 is 5.78 Å². The number of hydrogen-bond acceptors (Lipinski definition) is 2. The van der Waals surface area contributed by atoms with Gasteiger partial charge in [0.2, 0.25) is 0 Å². The fourth-order valence-corrected chi connectivity index (χ4v) is 1.04. The van der Waals surface area contributed by atoms with Crippen LogP contribution in [0.15, 0.2) is 18.3 Å². The second-order valence-electron chi connectivity index (χ2n) is 2.84. The van der Waals surface area contributed by atoms with Gasteiger partial charge in [0, 0.05) is 18.7 Å². The first-order valence-corrected chi connectivity index (χ1v) is 3.77. The summed E-state index contributed by atoms with van der Waals surface area (Å²) in [6.07, 6.45) is 1.25. The molecule has 0 amide bonds. The molecule has 0 saturated carbocycles. The number of carbonyl (C=O) groups is 1. The highest BCUT2D eigenvalue weighted by Gasteiger charge is 2.30. The highest BCUT2D eigenvalue weighted by molar-refractivity contribution is 5.95. The van der Waals surface area contributed by atoms with Crippen molar-refractivity contribution < 1.29 is 13.6 Å². The van der Waals surface area contributed by atoms with Gasteiger partial charge in [-0.05, 0) is 19.1 Å². The standard InChI is InChI=1S/C9H9F2NO/c1-6(13)7-4-3-5-12-8(7)9(2,10)11/h3-5H,1-2H3. The average Bonchev–Trinajstić information content (AvgIpc) is 2.03. The van der Waals surface area contributed by atoms with Crippen LogP contribution in [-0.2, 0) is 5.92 Å². The van der Waals surface area contributed by atoms with Crippen molar-refractivity contribution in [1.82, 2.24) is 4.98 Å². The molecule has 70 valence electrons. The monoisotopic (exact) mass is 185 g/mol. The normalized spacial score (nSPS) is 11.4. The lowest BCUT2D eigenvalue weighted by molar-refractivity contribution is 0.0118. The van der Waals surface area contributed by atoms with Gasteiger partial charge >= 0.3 is 0 Å². The SMILES string of the molecule is CC(=O)c1cccnc1C(C)(F)F. The van der Waals surface area contributed by atoms with Crippen LogP contribution in [-0.4, -0.2) is 10.8 Å². The summed E-state index contributed by atoms with van der Waals surface area (Å²) in [6.45, 7) is 1.97. The second kappa shape index (κ2) is 3.20. The van der Waals surface area contributed by atoms with E-state index in [-0.39, 0.29) is 5.56 Å². The molecule has 2 nitrogen and oxygen atoms in total. The van der Waals surface area contributed by atoms with Crippen molar-refractivity contribution in [3.05, 3.63) is 29.6 Å². The van der Waals surface area contributed by atoms with Gasteiger partial charge in [0.15, 0.2) is 5.78 Å². The van der Waals surface area contributed by atoms with E-state index < -0.39 is 17.4 Å². The molecule has 0 fully saturated rings. The molecule has 1 heterocycles. The minimum atomic E-state index is -3.07. The lowest BCUT2D eigenvalue weighted by Crippen LogP contribution is -2.15. The van der Waals surface area contributed by atoms with Crippen molar-refractivity contribution in [1.29, 1.82) is 0 Å². The number of alkyl halides is 2. The van der Waals surface area contributed by atoms with Crippen molar-refractivity contribution in [2.45, 2.75) is 19.8 Å². The van der Waals surface area contributed by atoms with Crippen LogP contribution in [0.2, 0.25) is 0 Å². The minimum absolute atomic E-state index is 0.0185. The molecule has 1 aromatic heterocycles. The molecule has 4 heteroatoms. The van der Waals surface area contributed by atoms with Crippen LogP contribution >= 0.6 is 0 Å². The summed E-state index contributed by atoms with van der Waals surface area (Å²) in [5.41, 5.74) is -0.475. The number of aromatic nitrogens is 1. The lowest BCUT2D eigenvalue weighted by Gasteiger charge is -2.11. The number of halogens is 2. The quantitative estimate of drug-likeness (QED) is 0.662. The molecule has 0 aliphatic heterocycles. The fraction of sp³-hybridized carbons (Fsp3) is 0.333. The van der Waals surface area contributed by atoms with E-state index >= 15 is 0 Å². The van der Waals surface area contributed by atoms with E-state index in [1.807, 2.05) is 0 Å². The van der Waals surface area contributed by atoms with E-state index in [9.17, 15) is 13.6 Å². The minimum Gasteiger partial charge on any atom is -0.294 e. The number of hydrogen-bond donors (Lipinski definition) is 0. The van der Waals surface area contributed by atoms with Crippen molar-refractivity contribution in [2.75, 3.05) is 0 Å². The second-order valence-corrected chi connectivity index (χ2v) is 2.84. The molecule has 0 aromatic carbocycles. The van der Waals surface area contributed by atoms with Crippen LogP contribution in [0.25, 0.3) is 0 Å². The first-order valence-electron chi connectivity index (χ1n) is 3.77. The zero-order chi connectivity index (χ0) is 10.1. The van der Waals surface area contributed by atoms with Crippen molar-refractivity contribution in [2.24, 2.45) is 0 Å². The molecule has 0 aliphatic carbocycles. The Bertz CT molecular complexity index is 331. The van der Waals surface area contributed by atoms with Gasteiger partial charge in [0.25, 0.3) is 5.92 Å². The summed E-state index contributed by atoms with van der Waals surface area (Å²) in [5, 5.41) is 0. The third kappa shape index (κ3) is 2.08. The smallest absolute Gasteiger partial charge is 0.287 e. The maximum atomic E-state index is 12.9. The molecule has 0 unspecified atom stereocenters. The maximum absolute atomic E-state index is 12.9. The molecular weight excluding hydrogens is 176 g/mol. The highest BCUT2D eigenvalue weighted by atomic mass is 19.3. The Labute approximate surface area is 74.6 Å². The van der Waals surface area contributed by atoms with Crippen molar-refractivity contribution in [3.8, 4) is 0 Å². The van der Waals surface area contributed by atoms with Crippen molar-refractivity contribution in [3.63, 3.8) is 0 Å². The van der Waals surface area contributed by atoms with E-state index in [4.69, 9.17) is 0 Å². The molecule has 0 atom stereocenters. The molecule has 0 saturated heterocycles. The Morgan fingerprint density at radius 2 is 2.15 bits per heavy atom. The predicted octanol–water partition coefficient (Wildman–Crippen LogP) is 2.40. The average molecular weight is 185 g/mol. The first-order chi connectivity index (χ1) is 5.93. The first kappa shape index (κ1) is 9.77. The molecule has 13 heavy (non-hydrogen) atoms. The number of nitrogens with zero attached hydrogens (tertiary/aromatic N) is 1. The van der Waals surface area contributed by atoms with Gasteiger partial charge in [-0.1, -0.05) is 0 Å². The Kier molecular flexibility index (Phi) is 2.40. The Morgan fingerprint density at radius 1 is 1.54 bits per heavy atom. The summed E-state index contributed by atoms with van der Waals surface area (Å²) in [7, 11) is 0. The predicted molar refractivity (Wildman–Crippen MR) is 43.8 cm³/mol. The third-order valence-electron chi connectivity index (χ3n) is 1.60. The van der Waals surface area contributed by atoms with Gasteiger partial charge in [-0.25, -0.2) is 0 Å². The zero-order valence-electron chi connectivity index (χ0n) is 7.34. The van der Waals surface area contributed by atoms with E-state index in [0.717, 1.165) is 6.92 Å². The molecule has 0 radical (unpaired) electrons. The van der Waals surface area contributed by atoms with E-state index in [1.165, 1.54) is 25.3 Å². The summed E-state index contributed by atoms with van der Waals surface area (Å²) in [5.74, 6) is -3.47. The highest BCUT2D eigenvalue weighted by Crippen LogP contribution is 2.27. The van der Waals surface area contributed by atoms with Crippen LogP contribution in [0, 0.1) is 0 Å². The van der Waals surface area contributed by atoms with Crippen LogP contribution in [0.4, 0.5) is 8.78 Å². The van der Waals surface area contributed by atoms with Crippen LogP contribution in [0.5, 0.6) is 0 Å². The molecule has 0 spiro atoms. The topological polar surface area (TPSA) is 30.0 Å². The summed E-state index contributed by atoms with van der Waals surface area (Å²) in [6, 6.07) is 2.81. The largest absolute Gasteiger partial charge is 0.294 e. The molecule has 0 N–H and O–H groups in total. The summed E-state index contributed by atoms with van der Waals surface area (Å²) >= 11 is 0. The fourth-order valence-electron chi connectivity index (χ4n) is 1.04. The number of rotatable bonds is 2. The summed E-state index contributed by atoms with van der Waals surface area (Å²) in [4.78, 5) is 14.4. The van der Waals surface area contributed by atoms with Gasteiger partial charge in [0.05, 0.1) is 0 Å². The van der Waals surface area contributed by atoms with Gasteiger partial charge in [0.1, 0.15) is 5.69 Å². The van der Waals surface area contributed by atoms with E-state index in [0.29, 0.717) is 0 Å². The van der Waals surface area contributed by atoms with Gasteiger partial charge < -0.3 is 0 Å². The van der Waals surface area contributed by atoms with Gasteiger partial charge in [-0.15, -0.1) is 0 Å². The van der Waals surface area contributed by atoms with E-state index in [2.05, 4.69) is 4.98 Å². The molecule has 0 aliphatic rings. The van der Waals surface area contributed by atoms with E-state index in [1.54, 1.807) is 0 Å². The number of pyridine rings is 1. The lowest BCUT2D eigenvalue weighted by atomic mass is 10.1. The Morgan fingerprint density at radius 3 is 2.54 bits per heavy atom. The Balaban J connectivity index is 3.28. The third-order valence-corrected chi connectivity index (χ3v) is 1.60. The molecule has 1 rings (SSSR count). The molecular formula is C9H9F2NO. The number of Topliss-reactive ketones (excluding diaryl/α,β-unsaturated/α-hetero) is 1. The Hall–Kier alpha value is -1.32. The van der Waals surface area contributed by atoms with Gasteiger partial charge in [-0.2, -0.15) is 8.78 Å². The molecule has 0 bridgehead atoms. The summed E-state index contributed by atoms with van der Waals surface area (Å²) < 4.78 is 25.7. The van der Waals surface area contributed by atoms with Gasteiger partial charge in [-0.3, -0.25) is 9.78 Å². The maximum Gasteiger partial charge on any atom is 0.287 e. The number of ketones is 1.